The van der Waals surface area contributed by atoms with Crippen molar-refractivity contribution in [1.82, 2.24) is 0 Å². The molecule has 0 aliphatic rings. The number of ketones is 1. The van der Waals surface area contributed by atoms with E-state index < -0.39 is 0 Å². The third-order valence-electron chi connectivity index (χ3n) is 1.81. The van der Waals surface area contributed by atoms with Gasteiger partial charge >= 0.3 is 0 Å². The van der Waals surface area contributed by atoms with Gasteiger partial charge in [0.15, 0.2) is 0 Å². The van der Waals surface area contributed by atoms with Crippen LogP contribution >= 0.6 is 11.8 Å². The largest absolute Gasteiger partial charge is 0.299 e. The summed E-state index contributed by atoms with van der Waals surface area (Å²) >= 11 is 1.68. The lowest BCUT2D eigenvalue weighted by atomic mass is 10.1. The van der Waals surface area contributed by atoms with Gasteiger partial charge in [-0.3, -0.25) is 4.79 Å². The second-order valence-electron chi connectivity index (χ2n) is 2.83. The summed E-state index contributed by atoms with van der Waals surface area (Å²) in [5.41, 5.74) is 0. The Labute approximate surface area is 73.9 Å². The molecule has 11 heavy (non-hydrogen) atoms. The maximum Gasteiger partial charge on any atom is 0.142 e. The van der Waals surface area contributed by atoms with Gasteiger partial charge in [-0.25, -0.2) is 0 Å². The monoisotopic (exact) mass is 174 g/mol. The summed E-state index contributed by atoms with van der Waals surface area (Å²) in [5.74, 6) is 0.327. The van der Waals surface area contributed by atoms with E-state index >= 15 is 0 Å². The van der Waals surface area contributed by atoms with Crippen LogP contribution in [0.3, 0.4) is 0 Å². The third kappa shape index (κ3) is 5.31. The van der Waals surface area contributed by atoms with Gasteiger partial charge < -0.3 is 0 Å². The zero-order chi connectivity index (χ0) is 8.69. The van der Waals surface area contributed by atoms with Crippen molar-refractivity contribution >= 4 is 17.5 Å². The van der Waals surface area contributed by atoms with Crippen molar-refractivity contribution < 1.29 is 4.79 Å². The Balaban J connectivity index is 3.44. The second-order valence-corrected chi connectivity index (χ2v) is 3.87. The summed E-state index contributed by atoms with van der Waals surface area (Å²) in [4.78, 5) is 10.9. The highest BCUT2D eigenvalue weighted by Gasteiger charge is 2.10. The first-order valence-corrected chi connectivity index (χ1v) is 5.54. The van der Waals surface area contributed by atoms with E-state index in [1.165, 1.54) is 19.3 Å². The predicted molar refractivity (Wildman–Crippen MR) is 52.1 cm³/mol. The first-order valence-electron chi connectivity index (χ1n) is 4.25. The number of hydrogen-bond donors (Lipinski definition) is 0. The number of Topliss-reactive ketones (excluding diaryl/α,β-unsaturated/α-hetero) is 1. The van der Waals surface area contributed by atoms with Gasteiger partial charge in [-0.05, 0) is 19.6 Å². The van der Waals surface area contributed by atoms with Crippen LogP contribution in [0.4, 0.5) is 0 Å². The van der Waals surface area contributed by atoms with Gasteiger partial charge in [-0.15, -0.1) is 0 Å². The third-order valence-corrected chi connectivity index (χ3v) is 2.94. The summed E-state index contributed by atoms with van der Waals surface area (Å²) in [6, 6.07) is 0. The first-order chi connectivity index (χ1) is 5.22. The molecule has 0 rings (SSSR count). The molecule has 2 heteroatoms. The molecule has 0 aromatic heterocycles. The van der Waals surface area contributed by atoms with Crippen molar-refractivity contribution in [2.24, 2.45) is 0 Å². The molecule has 1 atom stereocenters. The van der Waals surface area contributed by atoms with Gasteiger partial charge in [0.2, 0.25) is 0 Å². The molecule has 0 aliphatic heterocycles. The molecule has 0 heterocycles. The quantitative estimate of drug-likeness (QED) is 0.576. The smallest absolute Gasteiger partial charge is 0.142 e. The topological polar surface area (TPSA) is 17.1 Å². The van der Waals surface area contributed by atoms with Crippen molar-refractivity contribution in [3.63, 3.8) is 0 Å². The molecule has 66 valence electrons. The van der Waals surface area contributed by atoms with Gasteiger partial charge in [0.25, 0.3) is 0 Å². The van der Waals surface area contributed by atoms with Crippen LogP contribution in [-0.2, 0) is 4.79 Å². The summed E-state index contributed by atoms with van der Waals surface area (Å²) in [6.45, 7) is 3.87. The van der Waals surface area contributed by atoms with E-state index in [9.17, 15) is 4.79 Å². The number of hydrogen-bond acceptors (Lipinski definition) is 2. The molecule has 0 fully saturated rings. The highest BCUT2D eigenvalue weighted by Crippen LogP contribution is 2.15. The van der Waals surface area contributed by atoms with Crippen molar-refractivity contribution in [2.75, 3.05) is 6.26 Å². The fraction of sp³-hybridized carbons (Fsp3) is 0.889. The number of rotatable bonds is 6. The summed E-state index contributed by atoms with van der Waals surface area (Å²) in [6.07, 6.45) is 6.76. The Hall–Kier alpha value is 0.0200. The number of unbranched alkanes of at least 4 members (excludes halogenated alkanes) is 2. The number of carbonyl (C=O) groups excluding carboxylic acids is 1. The van der Waals surface area contributed by atoms with Gasteiger partial charge in [0.05, 0.1) is 5.25 Å². The van der Waals surface area contributed by atoms with E-state index in [-0.39, 0.29) is 5.25 Å². The van der Waals surface area contributed by atoms with Crippen LogP contribution in [0.1, 0.15) is 39.5 Å². The minimum Gasteiger partial charge on any atom is -0.299 e. The number of thioether (sulfide) groups is 1. The highest BCUT2D eigenvalue weighted by atomic mass is 32.2. The van der Waals surface area contributed by atoms with Crippen molar-refractivity contribution in [3.8, 4) is 0 Å². The van der Waals surface area contributed by atoms with Gasteiger partial charge in [0, 0.05) is 0 Å². The Morgan fingerprint density at radius 1 is 1.45 bits per heavy atom. The molecular weight excluding hydrogens is 156 g/mol. The van der Waals surface area contributed by atoms with Crippen LogP contribution in [0.2, 0.25) is 0 Å². The first kappa shape index (κ1) is 11.0. The molecular formula is C9H18OS. The van der Waals surface area contributed by atoms with Crippen LogP contribution in [0.5, 0.6) is 0 Å². The molecule has 0 spiro atoms. The van der Waals surface area contributed by atoms with Crippen LogP contribution in [0.25, 0.3) is 0 Å². The van der Waals surface area contributed by atoms with Crippen LogP contribution < -0.4 is 0 Å². The van der Waals surface area contributed by atoms with Crippen molar-refractivity contribution in [1.29, 1.82) is 0 Å². The lowest BCUT2D eigenvalue weighted by Crippen LogP contribution is -2.12. The lowest BCUT2D eigenvalue weighted by Gasteiger charge is -2.08. The standard InChI is InChI=1S/C9H18OS/c1-4-5-6-7-9(11-3)8(2)10/h9H,4-7H2,1-3H3. The average molecular weight is 174 g/mol. The molecule has 0 aliphatic carbocycles. The molecule has 0 aromatic carbocycles. The van der Waals surface area contributed by atoms with Crippen molar-refractivity contribution in [3.05, 3.63) is 0 Å². The zero-order valence-corrected chi connectivity index (χ0v) is 8.54. The van der Waals surface area contributed by atoms with Crippen LogP contribution in [0.15, 0.2) is 0 Å². The van der Waals surface area contributed by atoms with Gasteiger partial charge in [0.1, 0.15) is 5.78 Å². The predicted octanol–water partition coefficient (Wildman–Crippen LogP) is 2.89. The number of carbonyl (C=O) groups is 1. The average Bonchev–Trinajstić information content (AvgIpc) is 1.97. The lowest BCUT2D eigenvalue weighted by molar-refractivity contribution is -0.116. The summed E-state index contributed by atoms with van der Waals surface area (Å²) < 4.78 is 0. The van der Waals surface area contributed by atoms with Crippen LogP contribution in [0, 0.1) is 0 Å². The molecule has 0 radical (unpaired) electrons. The molecule has 0 amide bonds. The maximum atomic E-state index is 10.9. The molecule has 0 saturated heterocycles. The Morgan fingerprint density at radius 2 is 2.09 bits per heavy atom. The maximum absolute atomic E-state index is 10.9. The molecule has 1 nitrogen and oxygen atoms in total. The van der Waals surface area contributed by atoms with Gasteiger partial charge in [-0.1, -0.05) is 26.2 Å². The summed E-state index contributed by atoms with van der Waals surface area (Å²) in [7, 11) is 0. The normalized spacial score (nSPS) is 13.0. The van der Waals surface area contributed by atoms with E-state index in [1.54, 1.807) is 18.7 Å². The minimum absolute atomic E-state index is 0.251. The molecule has 0 N–H and O–H groups in total. The highest BCUT2D eigenvalue weighted by molar-refractivity contribution is 7.99. The van der Waals surface area contributed by atoms with E-state index in [1.807, 2.05) is 6.26 Å². The fourth-order valence-electron chi connectivity index (χ4n) is 1.07. The SMILES string of the molecule is CCCCCC(SC)C(C)=O. The minimum atomic E-state index is 0.251. The van der Waals surface area contributed by atoms with Crippen molar-refractivity contribution in [2.45, 2.75) is 44.8 Å². The fourth-order valence-corrected chi connectivity index (χ4v) is 1.80. The zero-order valence-electron chi connectivity index (χ0n) is 7.72. The van der Waals surface area contributed by atoms with E-state index in [2.05, 4.69) is 6.92 Å². The molecule has 1 unspecified atom stereocenters. The van der Waals surface area contributed by atoms with Crippen LogP contribution in [-0.4, -0.2) is 17.3 Å². The Kier molecular flexibility index (Phi) is 6.73. The molecule has 0 saturated carbocycles. The van der Waals surface area contributed by atoms with Gasteiger partial charge in [-0.2, -0.15) is 11.8 Å². The Morgan fingerprint density at radius 3 is 2.45 bits per heavy atom. The second kappa shape index (κ2) is 6.71. The molecule has 0 bridgehead atoms. The summed E-state index contributed by atoms with van der Waals surface area (Å²) in [5, 5.41) is 0.251. The van der Waals surface area contributed by atoms with E-state index in [0.29, 0.717) is 5.78 Å². The Bertz CT molecular complexity index is 112. The van der Waals surface area contributed by atoms with E-state index in [4.69, 9.17) is 0 Å². The van der Waals surface area contributed by atoms with E-state index in [0.717, 1.165) is 6.42 Å². The molecule has 0 aromatic rings.